The predicted molar refractivity (Wildman–Crippen MR) is 55.3 cm³/mol. The van der Waals surface area contributed by atoms with E-state index in [4.69, 9.17) is 0 Å². The van der Waals surface area contributed by atoms with E-state index in [2.05, 4.69) is 0 Å². The molecule has 0 bridgehead atoms. The lowest BCUT2D eigenvalue weighted by atomic mass is 10.1. The topological polar surface area (TPSA) is 43.1 Å². The van der Waals surface area contributed by atoms with Crippen molar-refractivity contribution in [3.63, 3.8) is 0 Å². The molecule has 2 aromatic carbocycles. The summed E-state index contributed by atoms with van der Waals surface area (Å²) in [6.45, 7) is 1.97. The molecule has 0 unspecified atom stereocenters. The smallest absolute Gasteiger partial charge is 0.258 e. The van der Waals surface area contributed by atoms with E-state index in [1.807, 2.05) is 25.1 Å². The number of hydrogen-bond acceptors (Lipinski definition) is 2. The van der Waals surface area contributed by atoms with Gasteiger partial charge in [-0.1, -0.05) is 29.8 Å². The molecule has 0 saturated heterocycles. The number of nitro groups is 1. The van der Waals surface area contributed by atoms with Gasteiger partial charge in [-0.05, 0) is 18.4 Å². The summed E-state index contributed by atoms with van der Waals surface area (Å²) in [5, 5.41) is 12.3. The minimum atomic E-state index is -0.350. The van der Waals surface area contributed by atoms with E-state index in [1.165, 1.54) is 6.07 Å². The Morgan fingerprint density at radius 3 is 2.71 bits per heavy atom. The third kappa shape index (κ3) is 1.33. The van der Waals surface area contributed by atoms with Gasteiger partial charge in [0.15, 0.2) is 0 Å². The molecule has 0 fully saturated rings. The minimum absolute atomic E-state index is 0.169. The first-order valence-corrected chi connectivity index (χ1v) is 4.32. The number of benzene rings is 2. The maximum absolute atomic E-state index is 10.7. The molecule has 2 aromatic rings. The van der Waals surface area contributed by atoms with E-state index in [1.54, 1.807) is 12.1 Å². The highest BCUT2D eigenvalue weighted by atomic mass is 16.6. The molecule has 3 nitrogen and oxygen atoms in total. The van der Waals surface area contributed by atoms with Crippen molar-refractivity contribution in [3.8, 4) is 0 Å². The molecule has 0 saturated carbocycles. The normalized spacial score (nSPS) is 10.4. The summed E-state index contributed by atoms with van der Waals surface area (Å²) < 4.78 is 0. The summed E-state index contributed by atoms with van der Waals surface area (Å²) in [5.74, 6) is 0. The number of aryl methyl sites for hydroxylation is 1. The molecule has 0 N–H and O–H groups in total. The lowest BCUT2D eigenvalue weighted by Crippen LogP contribution is -1.89. The molecular formula is C11H9NO2. The van der Waals surface area contributed by atoms with Crippen molar-refractivity contribution in [2.45, 2.75) is 6.92 Å². The van der Waals surface area contributed by atoms with Crippen LogP contribution in [0.1, 0.15) is 5.56 Å². The molecule has 0 aliphatic carbocycles. The first kappa shape index (κ1) is 8.69. The zero-order valence-electron chi connectivity index (χ0n) is 7.73. The van der Waals surface area contributed by atoms with Crippen LogP contribution in [0.3, 0.4) is 0 Å². The molecule has 0 amide bonds. The third-order valence-corrected chi connectivity index (χ3v) is 2.21. The first-order chi connectivity index (χ1) is 6.68. The summed E-state index contributed by atoms with van der Waals surface area (Å²) in [6, 6.07) is 10.7. The molecule has 0 aliphatic rings. The Bertz CT molecular complexity index is 506. The van der Waals surface area contributed by atoms with Crippen molar-refractivity contribution in [2.75, 3.05) is 0 Å². The van der Waals surface area contributed by atoms with Crippen LogP contribution in [-0.2, 0) is 0 Å². The zero-order chi connectivity index (χ0) is 10.1. The average Bonchev–Trinajstić information content (AvgIpc) is 2.16. The van der Waals surface area contributed by atoms with E-state index in [0.29, 0.717) is 5.39 Å². The molecule has 0 aromatic heterocycles. The summed E-state index contributed by atoms with van der Waals surface area (Å²) in [7, 11) is 0. The summed E-state index contributed by atoms with van der Waals surface area (Å²) in [5.41, 5.74) is 1.28. The van der Waals surface area contributed by atoms with Gasteiger partial charge < -0.3 is 0 Å². The van der Waals surface area contributed by atoms with E-state index >= 15 is 0 Å². The molecule has 70 valence electrons. The molecule has 14 heavy (non-hydrogen) atoms. The van der Waals surface area contributed by atoms with Gasteiger partial charge in [-0.3, -0.25) is 10.1 Å². The molecule has 2 rings (SSSR count). The highest BCUT2D eigenvalue weighted by Crippen LogP contribution is 2.25. The van der Waals surface area contributed by atoms with Gasteiger partial charge in [-0.2, -0.15) is 0 Å². The molecular weight excluding hydrogens is 178 g/mol. The van der Waals surface area contributed by atoms with Crippen molar-refractivity contribution < 1.29 is 4.92 Å². The fraction of sp³-hybridized carbons (Fsp3) is 0.0909. The molecule has 3 heteroatoms. The van der Waals surface area contributed by atoms with Crippen molar-refractivity contribution in [3.05, 3.63) is 52.1 Å². The molecule has 0 aliphatic heterocycles. The second kappa shape index (κ2) is 3.10. The largest absolute Gasteiger partial charge is 0.277 e. The van der Waals surface area contributed by atoms with Crippen molar-refractivity contribution >= 4 is 16.5 Å². The van der Waals surface area contributed by atoms with Crippen LogP contribution in [0.15, 0.2) is 36.4 Å². The summed E-state index contributed by atoms with van der Waals surface area (Å²) >= 11 is 0. The Labute approximate surface area is 81.1 Å². The van der Waals surface area contributed by atoms with E-state index in [0.717, 1.165) is 10.9 Å². The van der Waals surface area contributed by atoms with Crippen LogP contribution in [0.25, 0.3) is 10.8 Å². The quantitative estimate of drug-likeness (QED) is 0.508. The van der Waals surface area contributed by atoms with Crippen LogP contribution in [0.2, 0.25) is 0 Å². The molecule has 0 radical (unpaired) electrons. The summed E-state index contributed by atoms with van der Waals surface area (Å²) in [6.07, 6.45) is 0. The van der Waals surface area contributed by atoms with Crippen LogP contribution in [0.5, 0.6) is 0 Å². The maximum atomic E-state index is 10.7. The zero-order valence-corrected chi connectivity index (χ0v) is 7.73. The highest BCUT2D eigenvalue weighted by molar-refractivity contribution is 5.91. The second-order valence-corrected chi connectivity index (χ2v) is 3.26. The van der Waals surface area contributed by atoms with Gasteiger partial charge in [-0.25, -0.2) is 0 Å². The van der Waals surface area contributed by atoms with Gasteiger partial charge in [0.25, 0.3) is 5.69 Å². The Balaban J connectivity index is 2.81. The van der Waals surface area contributed by atoms with Crippen LogP contribution in [-0.4, -0.2) is 4.92 Å². The number of hydrogen-bond donors (Lipinski definition) is 0. The van der Waals surface area contributed by atoms with Crippen LogP contribution < -0.4 is 0 Å². The number of non-ortho nitro benzene ring substituents is 1. The SMILES string of the molecule is Cc1ccc2c([N+](=O)[O-])cccc2c1. The monoisotopic (exact) mass is 187 g/mol. The highest BCUT2D eigenvalue weighted by Gasteiger charge is 2.09. The number of rotatable bonds is 1. The molecule has 0 atom stereocenters. The summed E-state index contributed by atoms with van der Waals surface area (Å²) in [4.78, 5) is 10.4. The van der Waals surface area contributed by atoms with Gasteiger partial charge in [-0.15, -0.1) is 0 Å². The lowest BCUT2D eigenvalue weighted by molar-refractivity contribution is -0.383. The van der Waals surface area contributed by atoms with Crippen molar-refractivity contribution in [2.24, 2.45) is 0 Å². The third-order valence-electron chi connectivity index (χ3n) is 2.21. The van der Waals surface area contributed by atoms with E-state index < -0.39 is 0 Å². The van der Waals surface area contributed by atoms with Crippen LogP contribution in [0, 0.1) is 17.0 Å². The first-order valence-electron chi connectivity index (χ1n) is 4.32. The Morgan fingerprint density at radius 2 is 2.00 bits per heavy atom. The Morgan fingerprint density at radius 1 is 1.21 bits per heavy atom. The van der Waals surface area contributed by atoms with Gasteiger partial charge in [0.2, 0.25) is 0 Å². The second-order valence-electron chi connectivity index (χ2n) is 3.26. The van der Waals surface area contributed by atoms with Gasteiger partial charge >= 0.3 is 0 Å². The van der Waals surface area contributed by atoms with Crippen molar-refractivity contribution in [1.29, 1.82) is 0 Å². The minimum Gasteiger partial charge on any atom is -0.258 e. The predicted octanol–water partition coefficient (Wildman–Crippen LogP) is 3.06. The average molecular weight is 187 g/mol. The lowest BCUT2D eigenvalue weighted by Gasteiger charge is -1.99. The van der Waals surface area contributed by atoms with Gasteiger partial charge in [0.05, 0.1) is 10.3 Å². The fourth-order valence-corrected chi connectivity index (χ4v) is 1.55. The van der Waals surface area contributed by atoms with Gasteiger partial charge in [0.1, 0.15) is 0 Å². The van der Waals surface area contributed by atoms with Gasteiger partial charge in [0, 0.05) is 6.07 Å². The van der Waals surface area contributed by atoms with E-state index in [-0.39, 0.29) is 10.6 Å². The van der Waals surface area contributed by atoms with Crippen LogP contribution >= 0.6 is 0 Å². The fourth-order valence-electron chi connectivity index (χ4n) is 1.55. The number of nitrogens with zero attached hydrogens (tertiary/aromatic N) is 1. The van der Waals surface area contributed by atoms with Crippen LogP contribution in [0.4, 0.5) is 5.69 Å². The number of fused-ring (bicyclic) bond motifs is 1. The van der Waals surface area contributed by atoms with E-state index in [9.17, 15) is 10.1 Å². The Kier molecular flexibility index (Phi) is 1.93. The standard InChI is InChI=1S/C11H9NO2/c1-8-5-6-10-9(7-8)3-2-4-11(10)12(13)14/h2-7H,1H3. The Hall–Kier alpha value is -1.90. The maximum Gasteiger partial charge on any atom is 0.277 e. The van der Waals surface area contributed by atoms with Crippen molar-refractivity contribution in [1.82, 2.24) is 0 Å². The molecule has 0 heterocycles. The number of nitro benzene ring substituents is 1. The molecule has 0 spiro atoms.